The molecule has 2 fully saturated rings. The summed E-state index contributed by atoms with van der Waals surface area (Å²) in [5, 5.41) is 0.832. The normalized spacial score (nSPS) is 26.5. The zero-order valence-electron chi connectivity index (χ0n) is 13.0. The Balaban J connectivity index is 1.88. The third-order valence-corrected chi connectivity index (χ3v) is 5.30. The van der Waals surface area contributed by atoms with Crippen LogP contribution in [-0.2, 0) is 0 Å². The van der Waals surface area contributed by atoms with Crippen LogP contribution in [0.25, 0.3) is 0 Å². The minimum absolute atomic E-state index is 0.545. The molecule has 0 bridgehead atoms. The molecule has 0 aromatic heterocycles. The quantitative estimate of drug-likeness (QED) is 0.844. The maximum absolute atomic E-state index is 6.47. The maximum atomic E-state index is 6.47. The summed E-state index contributed by atoms with van der Waals surface area (Å²) in [5.41, 5.74) is 1.13. The van der Waals surface area contributed by atoms with E-state index in [0.29, 0.717) is 12.1 Å². The number of nitrogens with zero attached hydrogens (tertiary/aromatic N) is 2. The van der Waals surface area contributed by atoms with Crippen molar-refractivity contribution in [1.29, 1.82) is 0 Å². The van der Waals surface area contributed by atoms with Gasteiger partial charge in [0.1, 0.15) is 5.75 Å². The first-order valence-corrected chi connectivity index (χ1v) is 8.45. The minimum Gasteiger partial charge on any atom is -0.497 e. The summed E-state index contributed by atoms with van der Waals surface area (Å²) in [6.45, 7) is 5.79. The van der Waals surface area contributed by atoms with Crippen molar-refractivity contribution < 1.29 is 4.74 Å². The fourth-order valence-corrected chi connectivity index (χ4v) is 3.96. The van der Waals surface area contributed by atoms with E-state index in [0.717, 1.165) is 36.0 Å². The molecular formula is C17H25ClN2O. The van der Waals surface area contributed by atoms with E-state index in [9.17, 15) is 0 Å². The molecule has 2 unspecified atom stereocenters. The van der Waals surface area contributed by atoms with Gasteiger partial charge < -0.3 is 9.64 Å². The second-order valence-corrected chi connectivity index (χ2v) is 6.58. The Hall–Kier alpha value is -0.930. The number of rotatable bonds is 3. The second kappa shape index (κ2) is 6.45. The predicted molar refractivity (Wildman–Crippen MR) is 88.6 cm³/mol. The summed E-state index contributed by atoms with van der Waals surface area (Å²) in [7, 11) is 1.71. The van der Waals surface area contributed by atoms with Crippen molar-refractivity contribution >= 4 is 17.3 Å². The molecule has 0 radical (unpaired) electrons. The zero-order chi connectivity index (χ0) is 14.8. The van der Waals surface area contributed by atoms with Crippen LogP contribution in [0.1, 0.15) is 32.6 Å². The number of fused-ring (bicyclic) bond motifs is 1. The van der Waals surface area contributed by atoms with Crippen LogP contribution in [0.5, 0.6) is 5.75 Å². The van der Waals surface area contributed by atoms with E-state index in [1.54, 1.807) is 7.11 Å². The largest absolute Gasteiger partial charge is 0.497 e. The van der Waals surface area contributed by atoms with Gasteiger partial charge in [0.05, 0.1) is 17.8 Å². The number of piperidine rings is 1. The highest BCUT2D eigenvalue weighted by Gasteiger charge is 2.34. The van der Waals surface area contributed by atoms with Crippen LogP contribution >= 0.6 is 11.6 Å². The van der Waals surface area contributed by atoms with E-state index < -0.39 is 0 Å². The van der Waals surface area contributed by atoms with Gasteiger partial charge >= 0.3 is 0 Å². The van der Waals surface area contributed by atoms with Gasteiger partial charge in [-0.3, -0.25) is 4.90 Å². The summed E-state index contributed by atoms with van der Waals surface area (Å²) >= 11 is 6.47. The van der Waals surface area contributed by atoms with Crippen molar-refractivity contribution in [1.82, 2.24) is 4.90 Å². The number of methoxy groups -OCH3 is 1. The summed E-state index contributed by atoms with van der Waals surface area (Å²) in [5.74, 6) is 0.885. The van der Waals surface area contributed by atoms with Crippen LogP contribution in [0.2, 0.25) is 5.02 Å². The Kier molecular flexibility index (Phi) is 4.60. The van der Waals surface area contributed by atoms with Crippen molar-refractivity contribution in [3.63, 3.8) is 0 Å². The first-order valence-electron chi connectivity index (χ1n) is 8.07. The SMILES string of the molecule is CCC1CN2CCCCC2CN1c1cc(OC)ccc1Cl. The summed E-state index contributed by atoms with van der Waals surface area (Å²) < 4.78 is 5.38. The van der Waals surface area contributed by atoms with Gasteiger partial charge in [-0.25, -0.2) is 0 Å². The van der Waals surface area contributed by atoms with Crippen molar-refractivity contribution in [2.24, 2.45) is 0 Å². The van der Waals surface area contributed by atoms with Crippen LogP contribution < -0.4 is 9.64 Å². The number of halogens is 1. The highest BCUT2D eigenvalue weighted by molar-refractivity contribution is 6.33. The number of benzene rings is 1. The molecule has 2 atom stereocenters. The minimum atomic E-state index is 0.545. The van der Waals surface area contributed by atoms with Gasteiger partial charge in [-0.05, 0) is 37.9 Å². The first-order chi connectivity index (χ1) is 10.2. The molecule has 3 rings (SSSR count). The van der Waals surface area contributed by atoms with Crippen molar-refractivity contribution in [3.8, 4) is 5.75 Å². The zero-order valence-corrected chi connectivity index (χ0v) is 13.8. The fraction of sp³-hybridized carbons (Fsp3) is 0.647. The van der Waals surface area contributed by atoms with Gasteiger partial charge in [-0.2, -0.15) is 0 Å². The van der Waals surface area contributed by atoms with Gasteiger partial charge in [-0.15, -0.1) is 0 Å². The van der Waals surface area contributed by atoms with Gasteiger partial charge in [0, 0.05) is 31.2 Å². The molecule has 116 valence electrons. The van der Waals surface area contributed by atoms with Crippen molar-refractivity contribution in [3.05, 3.63) is 23.2 Å². The number of ether oxygens (including phenoxy) is 1. The van der Waals surface area contributed by atoms with E-state index in [2.05, 4.69) is 22.8 Å². The van der Waals surface area contributed by atoms with Gasteiger partial charge in [0.15, 0.2) is 0 Å². The second-order valence-electron chi connectivity index (χ2n) is 6.18. The molecule has 21 heavy (non-hydrogen) atoms. The molecule has 2 aliphatic heterocycles. The highest BCUT2D eigenvalue weighted by atomic mass is 35.5. The molecule has 2 saturated heterocycles. The van der Waals surface area contributed by atoms with Gasteiger partial charge in [0.25, 0.3) is 0 Å². The standard InChI is InChI=1S/C17H25ClN2O/c1-3-13-11-19-9-5-4-6-14(19)12-20(13)17-10-15(21-2)7-8-16(17)18/h7-8,10,13-14H,3-6,9,11-12H2,1-2H3. The Morgan fingerprint density at radius 3 is 2.90 bits per heavy atom. The highest BCUT2D eigenvalue weighted by Crippen LogP contribution is 2.35. The average Bonchev–Trinajstić information content (AvgIpc) is 2.54. The van der Waals surface area contributed by atoms with E-state index in [1.807, 2.05) is 12.1 Å². The lowest BCUT2D eigenvalue weighted by Gasteiger charge is -2.49. The molecule has 2 aliphatic rings. The lowest BCUT2D eigenvalue weighted by atomic mass is 9.95. The summed E-state index contributed by atoms with van der Waals surface area (Å²) in [4.78, 5) is 5.19. The van der Waals surface area contributed by atoms with Gasteiger partial charge in [0.2, 0.25) is 0 Å². The predicted octanol–water partition coefficient (Wildman–Crippen LogP) is 3.80. The van der Waals surface area contributed by atoms with Gasteiger partial charge in [-0.1, -0.05) is 24.9 Å². The molecule has 3 nitrogen and oxygen atoms in total. The number of hydrogen-bond acceptors (Lipinski definition) is 3. The summed E-state index contributed by atoms with van der Waals surface area (Å²) in [6, 6.07) is 7.20. The fourth-order valence-electron chi connectivity index (χ4n) is 3.74. The van der Waals surface area contributed by atoms with E-state index in [4.69, 9.17) is 16.3 Å². The molecule has 0 aliphatic carbocycles. The van der Waals surface area contributed by atoms with Crippen molar-refractivity contribution in [2.75, 3.05) is 31.6 Å². The molecule has 0 saturated carbocycles. The molecule has 0 N–H and O–H groups in total. The van der Waals surface area contributed by atoms with Crippen molar-refractivity contribution in [2.45, 2.75) is 44.7 Å². The van der Waals surface area contributed by atoms with Crippen LogP contribution in [0.15, 0.2) is 18.2 Å². The van der Waals surface area contributed by atoms with Crippen LogP contribution in [0.3, 0.4) is 0 Å². The molecule has 1 aromatic carbocycles. The van der Waals surface area contributed by atoms with Crippen LogP contribution in [0, 0.1) is 0 Å². The Labute approximate surface area is 132 Å². The monoisotopic (exact) mass is 308 g/mol. The Morgan fingerprint density at radius 2 is 2.14 bits per heavy atom. The first kappa shape index (κ1) is 15.0. The molecular weight excluding hydrogens is 284 g/mol. The lowest BCUT2D eigenvalue weighted by molar-refractivity contribution is 0.111. The Bertz CT molecular complexity index is 494. The van der Waals surface area contributed by atoms with E-state index in [1.165, 1.54) is 25.8 Å². The molecule has 0 spiro atoms. The van der Waals surface area contributed by atoms with E-state index in [-0.39, 0.29) is 0 Å². The smallest absolute Gasteiger partial charge is 0.121 e. The third-order valence-electron chi connectivity index (χ3n) is 4.98. The Morgan fingerprint density at radius 1 is 1.29 bits per heavy atom. The summed E-state index contributed by atoms with van der Waals surface area (Å²) in [6.07, 6.45) is 5.18. The molecule has 2 heterocycles. The third kappa shape index (κ3) is 3.00. The average molecular weight is 309 g/mol. The molecule has 1 aromatic rings. The maximum Gasteiger partial charge on any atom is 0.121 e. The molecule has 4 heteroatoms. The number of piperazine rings is 1. The van der Waals surface area contributed by atoms with Crippen LogP contribution in [-0.4, -0.2) is 43.7 Å². The number of anilines is 1. The van der Waals surface area contributed by atoms with E-state index >= 15 is 0 Å². The lowest BCUT2D eigenvalue weighted by Crippen LogP contribution is -2.59. The molecule has 0 amide bonds. The number of hydrogen-bond donors (Lipinski definition) is 0. The van der Waals surface area contributed by atoms with Crippen LogP contribution in [0.4, 0.5) is 5.69 Å². The topological polar surface area (TPSA) is 15.7 Å².